The molecule has 3 heterocycles. The number of hydrogen-bond acceptors (Lipinski definition) is 7. The van der Waals surface area contributed by atoms with E-state index in [1.807, 2.05) is 60.7 Å². The average molecular weight is 446 g/mol. The van der Waals surface area contributed by atoms with Crippen LogP contribution in [-0.2, 0) is 6.54 Å². The number of para-hydroxylation sites is 1. The van der Waals surface area contributed by atoms with Crippen molar-refractivity contribution in [3.05, 3.63) is 77.8 Å². The third kappa shape index (κ3) is 3.74. The number of carbonyl (C=O) groups excluding carboxylic acids is 1. The van der Waals surface area contributed by atoms with Crippen LogP contribution in [0.4, 0.5) is 0 Å². The highest BCUT2D eigenvalue weighted by atomic mass is 32.1. The number of methoxy groups -OCH3 is 1. The second-order valence-corrected chi connectivity index (χ2v) is 8.10. The van der Waals surface area contributed by atoms with Crippen LogP contribution >= 0.6 is 11.3 Å². The molecule has 0 atom stereocenters. The van der Waals surface area contributed by atoms with Gasteiger partial charge in [-0.2, -0.15) is 0 Å². The summed E-state index contributed by atoms with van der Waals surface area (Å²) in [5, 5.41) is 11.8. The molecular formula is C23H19N5O3S. The summed E-state index contributed by atoms with van der Waals surface area (Å²) in [6.45, 7) is 2.03. The van der Waals surface area contributed by atoms with E-state index in [2.05, 4.69) is 20.6 Å². The first kappa shape index (κ1) is 20.0. The molecule has 5 rings (SSSR count). The molecule has 0 aliphatic rings. The summed E-state index contributed by atoms with van der Waals surface area (Å²) in [7, 11) is 1.60. The molecule has 1 amide bonds. The minimum absolute atomic E-state index is 0.231. The van der Waals surface area contributed by atoms with Crippen LogP contribution in [-0.4, -0.2) is 33.0 Å². The Morgan fingerprint density at radius 3 is 2.88 bits per heavy atom. The topological polar surface area (TPSA) is 95.1 Å². The maximum Gasteiger partial charge on any atom is 0.274 e. The van der Waals surface area contributed by atoms with Gasteiger partial charge in [-0.3, -0.25) is 4.79 Å². The van der Waals surface area contributed by atoms with Crippen LogP contribution in [0.3, 0.4) is 0 Å². The molecule has 0 saturated heterocycles. The van der Waals surface area contributed by atoms with Gasteiger partial charge in [0.25, 0.3) is 5.91 Å². The monoisotopic (exact) mass is 445 g/mol. The van der Waals surface area contributed by atoms with Crippen molar-refractivity contribution in [3.8, 4) is 22.2 Å². The van der Waals surface area contributed by atoms with E-state index < -0.39 is 0 Å². The molecule has 0 unspecified atom stereocenters. The number of carbonyl (C=O) groups is 1. The highest BCUT2D eigenvalue weighted by Crippen LogP contribution is 2.31. The van der Waals surface area contributed by atoms with Gasteiger partial charge in [0.05, 0.1) is 35.3 Å². The molecule has 9 heteroatoms. The van der Waals surface area contributed by atoms with Crippen LogP contribution < -0.4 is 10.1 Å². The fourth-order valence-electron chi connectivity index (χ4n) is 3.34. The number of nitrogens with one attached hydrogen (secondary N) is 1. The molecule has 32 heavy (non-hydrogen) atoms. The Balaban J connectivity index is 1.29. The number of aromatic nitrogens is 4. The first-order valence-electron chi connectivity index (χ1n) is 9.92. The van der Waals surface area contributed by atoms with E-state index in [0.29, 0.717) is 23.0 Å². The maximum absolute atomic E-state index is 12.7. The summed E-state index contributed by atoms with van der Waals surface area (Å²) in [5.41, 5.74) is 2.59. The van der Waals surface area contributed by atoms with E-state index in [0.717, 1.165) is 20.9 Å². The lowest BCUT2D eigenvalue weighted by molar-refractivity contribution is 0.0942. The molecule has 0 saturated carbocycles. The van der Waals surface area contributed by atoms with Gasteiger partial charge in [-0.1, -0.05) is 23.4 Å². The van der Waals surface area contributed by atoms with Crippen molar-refractivity contribution in [2.24, 2.45) is 0 Å². The molecule has 0 spiro atoms. The van der Waals surface area contributed by atoms with Crippen molar-refractivity contribution in [3.63, 3.8) is 0 Å². The second kappa shape index (κ2) is 8.27. The van der Waals surface area contributed by atoms with Gasteiger partial charge in [0.2, 0.25) is 0 Å². The van der Waals surface area contributed by atoms with Crippen LogP contribution in [0.25, 0.3) is 26.7 Å². The van der Waals surface area contributed by atoms with Crippen LogP contribution in [0, 0.1) is 6.92 Å². The summed E-state index contributed by atoms with van der Waals surface area (Å²) >= 11 is 1.57. The Morgan fingerprint density at radius 1 is 1.16 bits per heavy atom. The minimum Gasteiger partial charge on any atom is -0.497 e. The number of furan rings is 1. The molecule has 160 valence electrons. The summed E-state index contributed by atoms with van der Waals surface area (Å²) in [5.74, 6) is 1.68. The van der Waals surface area contributed by atoms with Gasteiger partial charge < -0.3 is 14.5 Å². The normalized spacial score (nSPS) is 11.1. The van der Waals surface area contributed by atoms with Crippen LogP contribution in [0.1, 0.15) is 21.9 Å². The van der Waals surface area contributed by atoms with E-state index in [4.69, 9.17) is 9.15 Å². The minimum atomic E-state index is -0.324. The molecule has 2 aromatic carbocycles. The lowest BCUT2D eigenvalue weighted by atomic mass is 10.2. The molecule has 1 N–H and O–H groups in total. The summed E-state index contributed by atoms with van der Waals surface area (Å²) < 4.78 is 13.9. The standard InChI is InChI=1S/C23H19N5O3S/c1-14-21(26-27-28(14)15-6-5-7-16(12-15)30-2)22(29)24-13-17-10-11-19(31-17)23-25-18-8-3-4-9-20(18)32-23/h3-12H,13H2,1-2H3,(H,24,29). The smallest absolute Gasteiger partial charge is 0.274 e. The summed E-state index contributed by atoms with van der Waals surface area (Å²) in [6.07, 6.45) is 0. The molecule has 0 aliphatic heterocycles. The van der Waals surface area contributed by atoms with E-state index in [1.54, 1.807) is 30.1 Å². The lowest BCUT2D eigenvalue weighted by Gasteiger charge is -2.06. The fraction of sp³-hybridized carbons (Fsp3) is 0.130. The number of thiazole rings is 1. The van der Waals surface area contributed by atoms with Gasteiger partial charge in [0.15, 0.2) is 16.5 Å². The van der Waals surface area contributed by atoms with Crippen LogP contribution in [0.2, 0.25) is 0 Å². The predicted octanol–water partition coefficient (Wildman–Crippen LogP) is 4.38. The SMILES string of the molecule is COc1cccc(-n2nnc(C(=O)NCc3ccc(-c4nc5ccccc5s4)o3)c2C)c1. The van der Waals surface area contributed by atoms with Gasteiger partial charge in [-0.25, -0.2) is 9.67 Å². The van der Waals surface area contributed by atoms with Gasteiger partial charge in [0, 0.05) is 6.07 Å². The van der Waals surface area contributed by atoms with Crippen LogP contribution in [0.5, 0.6) is 5.75 Å². The number of hydrogen-bond donors (Lipinski definition) is 1. The van der Waals surface area contributed by atoms with E-state index in [-0.39, 0.29) is 18.1 Å². The third-order valence-electron chi connectivity index (χ3n) is 5.00. The first-order valence-corrected chi connectivity index (χ1v) is 10.7. The highest BCUT2D eigenvalue weighted by Gasteiger charge is 2.18. The predicted molar refractivity (Wildman–Crippen MR) is 121 cm³/mol. The Labute approximate surface area is 187 Å². The molecule has 3 aromatic heterocycles. The zero-order valence-electron chi connectivity index (χ0n) is 17.4. The molecular weight excluding hydrogens is 426 g/mol. The molecule has 0 fully saturated rings. The second-order valence-electron chi connectivity index (χ2n) is 7.07. The van der Waals surface area contributed by atoms with Crippen molar-refractivity contribution in [1.82, 2.24) is 25.3 Å². The number of rotatable bonds is 6. The van der Waals surface area contributed by atoms with Gasteiger partial charge in [-0.15, -0.1) is 16.4 Å². The molecule has 0 aliphatic carbocycles. The molecule has 0 radical (unpaired) electrons. The van der Waals surface area contributed by atoms with Crippen molar-refractivity contribution in [2.45, 2.75) is 13.5 Å². The maximum atomic E-state index is 12.7. The van der Waals surface area contributed by atoms with E-state index >= 15 is 0 Å². The largest absolute Gasteiger partial charge is 0.497 e. The summed E-state index contributed by atoms with van der Waals surface area (Å²) in [6, 6.07) is 19.0. The van der Waals surface area contributed by atoms with Crippen molar-refractivity contribution in [1.29, 1.82) is 0 Å². The Morgan fingerprint density at radius 2 is 2.03 bits per heavy atom. The number of fused-ring (bicyclic) bond motifs is 1. The van der Waals surface area contributed by atoms with Crippen molar-refractivity contribution in [2.75, 3.05) is 7.11 Å². The van der Waals surface area contributed by atoms with Gasteiger partial charge in [0.1, 0.15) is 11.5 Å². The first-order chi connectivity index (χ1) is 15.6. The number of nitrogens with zero attached hydrogens (tertiary/aromatic N) is 4. The number of ether oxygens (including phenoxy) is 1. The highest BCUT2D eigenvalue weighted by molar-refractivity contribution is 7.21. The van der Waals surface area contributed by atoms with E-state index in [9.17, 15) is 4.79 Å². The zero-order valence-corrected chi connectivity index (χ0v) is 18.2. The Hall–Kier alpha value is -3.98. The average Bonchev–Trinajstić information content (AvgIpc) is 3.55. The number of benzene rings is 2. The van der Waals surface area contributed by atoms with E-state index in [1.165, 1.54) is 0 Å². The lowest BCUT2D eigenvalue weighted by Crippen LogP contribution is -2.23. The number of amides is 1. The molecule has 5 aromatic rings. The zero-order chi connectivity index (χ0) is 22.1. The Kier molecular flexibility index (Phi) is 5.16. The van der Waals surface area contributed by atoms with Gasteiger partial charge >= 0.3 is 0 Å². The Bertz CT molecular complexity index is 1390. The van der Waals surface area contributed by atoms with Crippen LogP contribution in [0.15, 0.2) is 65.1 Å². The summed E-state index contributed by atoms with van der Waals surface area (Å²) in [4.78, 5) is 17.3. The quantitative estimate of drug-likeness (QED) is 0.417. The van der Waals surface area contributed by atoms with Gasteiger partial charge in [-0.05, 0) is 43.3 Å². The fourth-order valence-corrected chi connectivity index (χ4v) is 4.27. The van der Waals surface area contributed by atoms with Crippen molar-refractivity contribution < 1.29 is 13.9 Å². The van der Waals surface area contributed by atoms with Crippen molar-refractivity contribution >= 4 is 27.5 Å². The third-order valence-corrected chi connectivity index (χ3v) is 6.05. The molecule has 0 bridgehead atoms. The molecule has 8 nitrogen and oxygen atoms in total.